The van der Waals surface area contributed by atoms with Crippen molar-refractivity contribution in [3.05, 3.63) is 70.0 Å². The standard InChI is InChI=1S/C22H22ClFN2O2/c1-13-5-3-4-6-17(13)21-18-12-25(10-16(18)11-26(21)14(2)27)22(28)15-7-8-20(24)19(23)9-15/h3-9,16,18,21H,10-12H2,1-2H3/t16-,18-,21+/m1/s1. The zero-order valence-corrected chi connectivity index (χ0v) is 16.6. The van der Waals surface area contributed by atoms with Gasteiger partial charge in [0, 0.05) is 44.0 Å². The van der Waals surface area contributed by atoms with Gasteiger partial charge in [0.1, 0.15) is 5.82 Å². The van der Waals surface area contributed by atoms with Crippen LogP contribution in [0, 0.1) is 24.6 Å². The summed E-state index contributed by atoms with van der Waals surface area (Å²) in [7, 11) is 0. The van der Waals surface area contributed by atoms with Crippen molar-refractivity contribution in [1.29, 1.82) is 0 Å². The van der Waals surface area contributed by atoms with Crippen molar-refractivity contribution < 1.29 is 14.0 Å². The molecule has 2 amide bonds. The molecule has 2 fully saturated rings. The zero-order valence-electron chi connectivity index (χ0n) is 15.9. The van der Waals surface area contributed by atoms with Crippen molar-refractivity contribution in [3.8, 4) is 0 Å². The zero-order chi connectivity index (χ0) is 20.0. The molecule has 2 saturated heterocycles. The van der Waals surface area contributed by atoms with E-state index in [2.05, 4.69) is 19.1 Å². The molecule has 3 atom stereocenters. The third-order valence-corrected chi connectivity index (χ3v) is 6.32. The Bertz CT molecular complexity index is 948. The first-order valence-corrected chi connectivity index (χ1v) is 9.81. The molecule has 0 aromatic heterocycles. The molecule has 0 aliphatic carbocycles. The maximum Gasteiger partial charge on any atom is 0.253 e. The summed E-state index contributed by atoms with van der Waals surface area (Å²) in [5.74, 6) is -0.202. The smallest absolute Gasteiger partial charge is 0.253 e. The fourth-order valence-electron chi connectivity index (χ4n) is 4.66. The van der Waals surface area contributed by atoms with E-state index in [0.717, 1.165) is 11.1 Å². The molecular weight excluding hydrogens is 379 g/mol. The maximum absolute atomic E-state index is 13.4. The van der Waals surface area contributed by atoms with E-state index in [1.54, 1.807) is 6.92 Å². The first kappa shape index (κ1) is 18.9. The molecule has 0 radical (unpaired) electrons. The minimum absolute atomic E-state index is 0.0293. The van der Waals surface area contributed by atoms with Gasteiger partial charge in [-0.3, -0.25) is 9.59 Å². The summed E-state index contributed by atoms with van der Waals surface area (Å²) < 4.78 is 13.4. The number of likely N-dealkylation sites (tertiary alicyclic amines) is 2. The highest BCUT2D eigenvalue weighted by molar-refractivity contribution is 6.31. The average molecular weight is 401 g/mol. The minimum Gasteiger partial charge on any atom is -0.338 e. The van der Waals surface area contributed by atoms with Crippen LogP contribution in [0.1, 0.15) is 34.5 Å². The average Bonchev–Trinajstić information content (AvgIpc) is 3.22. The lowest BCUT2D eigenvalue weighted by Gasteiger charge is -2.30. The Balaban J connectivity index is 1.61. The Kier molecular flexibility index (Phi) is 4.88. The highest BCUT2D eigenvalue weighted by Gasteiger charge is 2.49. The second-order valence-corrected chi connectivity index (χ2v) is 8.14. The van der Waals surface area contributed by atoms with Gasteiger partial charge in [0.2, 0.25) is 5.91 Å². The fourth-order valence-corrected chi connectivity index (χ4v) is 4.84. The van der Waals surface area contributed by atoms with Gasteiger partial charge in [-0.05, 0) is 36.2 Å². The second kappa shape index (κ2) is 7.21. The molecule has 6 heteroatoms. The Morgan fingerprint density at radius 2 is 1.86 bits per heavy atom. The van der Waals surface area contributed by atoms with E-state index in [-0.39, 0.29) is 34.7 Å². The molecule has 2 aromatic carbocycles. The van der Waals surface area contributed by atoms with Crippen molar-refractivity contribution in [1.82, 2.24) is 9.80 Å². The largest absolute Gasteiger partial charge is 0.338 e. The number of amides is 2. The molecule has 146 valence electrons. The number of fused-ring (bicyclic) bond motifs is 1. The molecule has 0 spiro atoms. The molecule has 2 heterocycles. The third kappa shape index (κ3) is 3.18. The molecule has 28 heavy (non-hydrogen) atoms. The summed E-state index contributed by atoms with van der Waals surface area (Å²) >= 11 is 5.85. The predicted molar refractivity (Wildman–Crippen MR) is 106 cm³/mol. The number of aryl methyl sites for hydroxylation is 1. The molecule has 0 bridgehead atoms. The topological polar surface area (TPSA) is 40.6 Å². The first-order valence-electron chi connectivity index (χ1n) is 9.44. The maximum atomic E-state index is 13.4. The SMILES string of the molecule is CC(=O)N1C[C@H]2CN(C(=O)c3ccc(F)c(Cl)c3)C[C@H]2[C@@H]1c1ccccc1C. The van der Waals surface area contributed by atoms with E-state index in [9.17, 15) is 14.0 Å². The van der Waals surface area contributed by atoms with Gasteiger partial charge in [-0.1, -0.05) is 35.9 Å². The summed E-state index contributed by atoms with van der Waals surface area (Å²) in [6.45, 7) is 5.47. The molecule has 4 nitrogen and oxygen atoms in total. The number of hydrogen-bond donors (Lipinski definition) is 0. The number of rotatable bonds is 2. The molecule has 2 aliphatic heterocycles. The Morgan fingerprint density at radius 1 is 1.11 bits per heavy atom. The predicted octanol–water partition coefficient (Wildman–Crippen LogP) is 4.08. The molecule has 2 aromatic rings. The highest BCUT2D eigenvalue weighted by Crippen LogP contribution is 2.46. The van der Waals surface area contributed by atoms with E-state index in [4.69, 9.17) is 11.6 Å². The van der Waals surface area contributed by atoms with Crippen LogP contribution in [0.2, 0.25) is 5.02 Å². The summed E-state index contributed by atoms with van der Waals surface area (Å²) in [4.78, 5) is 29.0. The van der Waals surface area contributed by atoms with E-state index in [1.165, 1.54) is 18.2 Å². The van der Waals surface area contributed by atoms with Gasteiger partial charge in [-0.15, -0.1) is 0 Å². The fraction of sp³-hybridized carbons (Fsp3) is 0.364. The van der Waals surface area contributed by atoms with Gasteiger partial charge in [0.25, 0.3) is 5.91 Å². The van der Waals surface area contributed by atoms with Crippen LogP contribution in [0.25, 0.3) is 0 Å². The van der Waals surface area contributed by atoms with Crippen LogP contribution in [0.3, 0.4) is 0 Å². The number of carbonyl (C=O) groups excluding carboxylic acids is 2. The van der Waals surface area contributed by atoms with Gasteiger partial charge >= 0.3 is 0 Å². The van der Waals surface area contributed by atoms with Crippen molar-refractivity contribution >= 4 is 23.4 Å². The molecule has 4 rings (SSSR count). The Hall–Kier alpha value is -2.40. The van der Waals surface area contributed by atoms with E-state index in [1.807, 2.05) is 21.9 Å². The summed E-state index contributed by atoms with van der Waals surface area (Å²) in [6, 6.07) is 12.2. The van der Waals surface area contributed by atoms with Crippen LogP contribution < -0.4 is 0 Å². The van der Waals surface area contributed by atoms with Gasteiger partial charge in [-0.25, -0.2) is 4.39 Å². The van der Waals surface area contributed by atoms with E-state index < -0.39 is 5.82 Å². The van der Waals surface area contributed by atoms with Crippen molar-refractivity contribution in [2.24, 2.45) is 11.8 Å². The first-order chi connectivity index (χ1) is 13.4. The number of hydrogen-bond acceptors (Lipinski definition) is 2. The second-order valence-electron chi connectivity index (χ2n) is 7.74. The molecule has 0 saturated carbocycles. The number of carbonyl (C=O) groups is 2. The molecule has 2 aliphatic rings. The van der Waals surface area contributed by atoms with Crippen molar-refractivity contribution in [3.63, 3.8) is 0 Å². The monoisotopic (exact) mass is 400 g/mol. The van der Waals surface area contributed by atoms with Gasteiger partial charge in [0.05, 0.1) is 11.1 Å². The Labute approximate surface area is 168 Å². The van der Waals surface area contributed by atoms with E-state index in [0.29, 0.717) is 25.2 Å². The molecular formula is C22H22ClFN2O2. The lowest BCUT2D eigenvalue weighted by molar-refractivity contribution is -0.130. The normalized spacial score (nSPS) is 23.8. The quantitative estimate of drug-likeness (QED) is 0.762. The van der Waals surface area contributed by atoms with Gasteiger partial charge in [0.15, 0.2) is 0 Å². The molecule has 0 unspecified atom stereocenters. The van der Waals surface area contributed by atoms with Crippen LogP contribution in [0.4, 0.5) is 4.39 Å². The highest BCUT2D eigenvalue weighted by atomic mass is 35.5. The third-order valence-electron chi connectivity index (χ3n) is 6.03. The number of halogens is 2. The van der Waals surface area contributed by atoms with Gasteiger partial charge in [-0.2, -0.15) is 0 Å². The lowest BCUT2D eigenvalue weighted by atomic mass is 9.87. The lowest BCUT2D eigenvalue weighted by Crippen LogP contribution is -2.36. The number of benzene rings is 2. The van der Waals surface area contributed by atoms with Crippen LogP contribution in [-0.2, 0) is 4.79 Å². The summed E-state index contributed by atoms with van der Waals surface area (Å²) in [6.07, 6.45) is 0. The van der Waals surface area contributed by atoms with Crippen molar-refractivity contribution in [2.45, 2.75) is 19.9 Å². The summed E-state index contributed by atoms with van der Waals surface area (Å²) in [5.41, 5.74) is 2.68. The van der Waals surface area contributed by atoms with Crippen LogP contribution in [-0.4, -0.2) is 41.2 Å². The number of nitrogens with zero attached hydrogens (tertiary/aromatic N) is 2. The van der Waals surface area contributed by atoms with Crippen molar-refractivity contribution in [2.75, 3.05) is 19.6 Å². The van der Waals surface area contributed by atoms with Crippen LogP contribution in [0.5, 0.6) is 0 Å². The minimum atomic E-state index is -0.534. The van der Waals surface area contributed by atoms with Crippen LogP contribution >= 0.6 is 11.6 Å². The van der Waals surface area contributed by atoms with Gasteiger partial charge < -0.3 is 9.80 Å². The van der Waals surface area contributed by atoms with Crippen LogP contribution in [0.15, 0.2) is 42.5 Å². The summed E-state index contributed by atoms with van der Waals surface area (Å²) in [5, 5.41) is -0.0502. The molecule has 0 N–H and O–H groups in total. The Morgan fingerprint density at radius 3 is 2.54 bits per heavy atom. The van der Waals surface area contributed by atoms with E-state index >= 15 is 0 Å².